The minimum Gasteiger partial charge on any atom is -0.241 e. The number of alkyl halides is 1. The summed E-state index contributed by atoms with van der Waals surface area (Å²) in [5.41, 5.74) is 2.23. The topological polar surface area (TPSA) is 36.7 Å². The molecule has 0 spiro atoms. The van der Waals surface area contributed by atoms with Crippen molar-refractivity contribution >= 4 is 11.6 Å². The molecule has 0 aromatic carbocycles. The van der Waals surface area contributed by atoms with E-state index in [2.05, 4.69) is 4.98 Å². The monoisotopic (exact) mass is 166 g/mol. The zero-order valence-electron chi connectivity index (χ0n) is 6.13. The van der Waals surface area contributed by atoms with Crippen molar-refractivity contribution in [3.63, 3.8) is 0 Å². The first kappa shape index (κ1) is 8.03. The maximum Gasteiger partial charge on any atom is 0.140 e. The van der Waals surface area contributed by atoms with Crippen LogP contribution in [-0.4, -0.2) is 4.98 Å². The van der Waals surface area contributed by atoms with E-state index in [1.54, 1.807) is 6.07 Å². The van der Waals surface area contributed by atoms with E-state index >= 15 is 0 Å². The largest absolute Gasteiger partial charge is 0.241 e. The van der Waals surface area contributed by atoms with Gasteiger partial charge in [0.1, 0.15) is 11.8 Å². The fourth-order valence-electron chi connectivity index (χ4n) is 0.769. The van der Waals surface area contributed by atoms with Crippen molar-refractivity contribution in [3.05, 3.63) is 29.1 Å². The minimum atomic E-state index is 0.362. The van der Waals surface area contributed by atoms with Gasteiger partial charge in [0.25, 0.3) is 0 Å². The zero-order valence-corrected chi connectivity index (χ0v) is 6.89. The van der Waals surface area contributed by atoms with Gasteiger partial charge in [-0.05, 0) is 18.6 Å². The Morgan fingerprint density at radius 1 is 1.64 bits per heavy atom. The number of aromatic nitrogens is 1. The van der Waals surface area contributed by atoms with Gasteiger partial charge in [0.15, 0.2) is 0 Å². The predicted molar refractivity (Wildman–Crippen MR) is 43.2 cm³/mol. The van der Waals surface area contributed by atoms with Crippen LogP contribution in [0.1, 0.15) is 17.0 Å². The molecule has 1 heterocycles. The summed E-state index contributed by atoms with van der Waals surface area (Å²) in [6, 6.07) is 5.50. The highest BCUT2D eigenvalue weighted by molar-refractivity contribution is 6.17. The molecule has 1 aromatic heterocycles. The molecule has 56 valence electrons. The third-order valence-corrected chi connectivity index (χ3v) is 1.70. The van der Waals surface area contributed by atoms with Crippen LogP contribution in [0.2, 0.25) is 0 Å². The van der Waals surface area contributed by atoms with Gasteiger partial charge in [0.05, 0.1) is 11.6 Å². The van der Waals surface area contributed by atoms with E-state index in [9.17, 15) is 0 Å². The first-order valence-electron chi connectivity index (χ1n) is 3.20. The Bertz CT molecular complexity index is 301. The highest BCUT2D eigenvalue weighted by atomic mass is 35.5. The summed E-state index contributed by atoms with van der Waals surface area (Å²) < 4.78 is 0. The van der Waals surface area contributed by atoms with Crippen LogP contribution >= 0.6 is 11.6 Å². The molecule has 0 aliphatic rings. The summed E-state index contributed by atoms with van der Waals surface area (Å²) in [6.45, 7) is 1.92. The van der Waals surface area contributed by atoms with E-state index in [-0.39, 0.29) is 0 Å². The highest BCUT2D eigenvalue weighted by Gasteiger charge is 1.98. The molecular weight excluding hydrogens is 160 g/mol. The lowest BCUT2D eigenvalue weighted by molar-refractivity contribution is 1.10. The molecule has 11 heavy (non-hydrogen) atoms. The van der Waals surface area contributed by atoms with Crippen LogP contribution in [0, 0.1) is 18.3 Å². The first-order valence-corrected chi connectivity index (χ1v) is 3.74. The summed E-state index contributed by atoms with van der Waals surface area (Å²) in [6.07, 6.45) is 0. The summed E-state index contributed by atoms with van der Waals surface area (Å²) in [5, 5.41) is 8.49. The van der Waals surface area contributed by atoms with Crippen molar-refractivity contribution in [3.8, 4) is 6.07 Å². The lowest BCUT2D eigenvalue weighted by Crippen LogP contribution is -1.92. The molecule has 0 amide bonds. The lowest BCUT2D eigenvalue weighted by atomic mass is 10.2. The molecule has 1 rings (SSSR count). The summed E-state index contributed by atoms with van der Waals surface area (Å²) in [7, 11) is 0. The van der Waals surface area contributed by atoms with Crippen LogP contribution < -0.4 is 0 Å². The Kier molecular flexibility index (Phi) is 2.45. The third-order valence-electron chi connectivity index (χ3n) is 1.44. The normalized spacial score (nSPS) is 9.18. The lowest BCUT2D eigenvalue weighted by Gasteiger charge is -1.98. The van der Waals surface area contributed by atoms with Crippen molar-refractivity contribution < 1.29 is 0 Å². The molecule has 0 saturated heterocycles. The minimum absolute atomic E-state index is 0.362. The van der Waals surface area contributed by atoms with E-state index in [0.717, 1.165) is 11.3 Å². The van der Waals surface area contributed by atoms with Gasteiger partial charge in [-0.25, -0.2) is 4.98 Å². The van der Waals surface area contributed by atoms with Crippen molar-refractivity contribution in [2.24, 2.45) is 0 Å². The van der Waals surface area contributed by atoms with Crippen LogP contribution in [0.5, 0.6) is 0 Å². The van der Waals surface area contributed by atoms with Gasteiger partial charge in [-0.2, -0.15) is 5.26 Å². The number of halogens is 1. The zero-order chi connectivity index (χ0) is 8.27. The van der Waals surface area contributed by atoms with Gasteiger partial charge in [-0.3, -0.25) is 0 Å². The van der Waals surface area contributed by atoms with Crippen molar-refractivity contribution in [1.82, 2.24) is 4.98 Å². The van der Waals surface area contributed by atoms with Crippen LogP contribution in [0.25, 0.3) is 0 Å². The molecule has 0 bridgehead atoms. The molecule has 0 saturated carbocycles. The van der Waals surface area contributed by atoms with Gasteiger partial charge in [-0.1, -0.05) is 6.07 Å². The third kappa shape index (κ3) is 1.69. The Balaban J connectivity index is 3.15. The quantitative estimate of drug-likeness (QED) is 0.599. The summed E-state index contributed by atoms with van der Waals surface area (Å²) in [5.74, 6) is 0.362. The molecule has 0 aliphatic carbocycles. The van der Waals surface area contributed by atoms with Crippen molar-refractivity contribution in [2.45, 2.75) is 12.8 Å². The molecule has 0 aliphatic heterocycles. The van der Waals surface area contributed by atoms with E-state index in [1.807, 2.05) is 19.1 Å². The first-order chi connectivity index (χ1) is 5.27. The number of rotatable bonds is 1. The molecule has 0 fully saturated rings. The van der Waals surface area contributed by atoms with Gasteiger partial charge < -0.3 is 0 Å². The van der Waals surface area contributed by atoms with E-state index in [1.165, 1.54) is 0 Å². The summed E-state index contributed by atoms with van der Waals surface area (Å²) >= 11 is 5.59. The molecule has 0 unspecified atom stereocenters. The Morgan fingerprint density at radius 2 is 2.36 bits per heavy atom. The number of pyridine rings is 1. The summed E-state index contributed by atoms with van der Waals surface area (Å²) in [4.78, 5) is 4.02. The Morgan fingerprint density at radius 3 is 2.91 bits per heavy atom. The average Bonchev–Trinajstić information content (AvgIpc) is 2.05. The predicted octanol–water partition coefficient (Wildman–Crippen LogP) is 2.00. The number of hydrogen-bond donors (Lipinski definition) is 0. The molecule has 3 heteroatoms. The number of aryl methyl sites for hydroxylation is 1. The number of nitrogens with zero attached hydrogens (tertiary/aromatic N) is 2. The molecule has 2 nitrogen and oxygen atoms in total. The number of nitriles is 1. The molecule has 1 aromatic rings. The van der Waals surface area contributed by atoms with E-state index in [4.69, 9.17) is 16.9 Å². The highest BCUT2D eigenvalue weighted by Crippen LogP contribution is 2.08. The van der Waals surface area contributed by atoms with E-state index in [0.29, 0.717) is 11.6 Å². The molecular formula is C8H7ClN2. The van der Waals surface area contributed by atoms with Crippen LogP contribution in [-0.2, 0) is 5.88 Å². The number of hydrogen-bond acceptors (Lipinski definition) is 2. The molecule has 0 atom stereocenters. The van der Waals surface area contributed by atoms with Gasteiger partial charge in [0.2, 0.25) is 0 Å². The fourth-order valence-corrected chi connectivity index (χ4v) is 1.04. The molecule has 0 radical (unpaired) electrons. The van der Waals surface area contributed by atoms with Crippen LogP contribution in [0.4, 0.5) is 0 Å². The Labute approximate surface area is 70.4 Å². The second kappa shape index (κ2) is 3.36. The van der Waals surface area contributed by atoms with Gasteiger partial charge in [0, 0.05) is 0 Å². The van der Waals surface area contributed by atoms with Gasteiger partial charge in [-0.15, -0.1) is 11.6 Å². The van der Waals surface area contributed by atoms with E-state index < -0.39 is 0 Å². The standard InChI is InChI=1S/C8H7ClN2/c1-6-2-3-7(5-10)11-8(6)4-9/h2-3H,4H2,1H3. The van der Waals surface area contributed by atoms with Crippen LogP contribution in [0.15, 0.2) is 12.1 Å². The maximum atomic E-state index is 8.49. The molecule has 0 N–H and O–H groups in total. The second-order valence-electron chi connectivity index (χ2n) is 2.21. The average molecular weight is 167 g/mol. The fraction of sp³-hybridized carbons (Fsp3) is 0.250. The Hall–Kier alpha value is -1.07. The van der Waals surface area contributed by atoms with Crippen molar-refractivity contribution in [2.75, 3.05) is 0 Å². The van der Waals surface area contributed by atoms with Crippen LogP contribution in [0.3, 0.4) is 0 Å². The smallest absolute Gasteiger partial charge is 0.140 e. The maximum absolute atomic E-state index is 8.49. The van der Waals surface area contributed by atoms with Gasteiger partial charge >= 0.3 is 0 Å². The van der Waals surface area contributed by atoms with Crippen molar-refractivity contribution in [1.29, 1.82) is 5.26 Å². The SMILES string of the molecule is Cc1ccc(C#N)nc1CCl. The second-order valence-corrected chi connectivity index (χ2v) is 2.47.